The molecule has 0 bridgehead atoms. The molecule has 1 saturated carbocycles. The van der Waals surface area contributed by atoms with Gasteiger partial charge in [0, 0.05) is 30.0 Å². The maximum Gasteiger partial charge on any atom is 0.223 e. The van der Waals surface area contributed by atoms with Crippen molar-refractivity contribution in [1.29, 1.82) is 0 Å². The van der Waals surface area contributed by atoms with E-state index < -0.39 is 0 Å². The van der Waals surface area contributed by atoms with Crippen LogP contribution < -0.4 is 5.32 Å². The van der Waals surface area contributed by atoms with Gasteiger partial charge in [0.1, 0.15) is 5.84 Å². The molecule has 4 heteroatoms. The monoisotopic (exact) mass is 331 g/mol. The maximum absolute atomic E-state index is 12.2. The number of rotatable bonds is 2. The Morgan fingerprint density at radius 1 is 1.12 bits per heavy atom. The highest BCUT2D eigenvalue weighted by Crippen LogP contribution is 2.43. The second kappa shape index (κ2) is 5.60. The molecule has 1 saturated heterocycles. The topological polar surface area (TPSA) is 44.7 Å². The zero-order chi connectivity index (χ0) is 17.9. The Bertz CT molecular complexity index is 599. The summed E-state index contributed by atoms with van der Waals surface area (Å²) < 4.78 is 0. The fraction of sp³-hybridized carbons (Fsp3) is 0.800. The van der Waals surface area contributed by atoms with Crippen molar-refractivity contribution >= 4 is 11.7 Å². The third-order valence-electron chi connectivity index (χ3n) is 5.24. The molecule has 0 unspecified atom stereocenters. The number of nitrogens with one attached hydrogen (secondary N) is 1. The van der Waals surface area contributed by atoms with E-state index in [0.717, 1.165) is 25.8 Å². The lowest BCUT2D eigenvalue weighted by atomic mass is 9.79. The van der Waals surface area contributed by atoms with E-state index in [4.69, 9.17) is 4.99 Å². The Morgan fingerprint density at radius 2 is 1.75 bits per heavy atom. The highest BCUT2D eigenvalue weighted by Gasteiger charge is 2.43. The lowest BCUT2D eigenvalue weighted by Crippen LogP contribution is -2.45. The van der Waals surface area contributed by atoms with Crippen molar-refractivity contribution in [3.05, 3.63) is 11.3 Å². The Kier molecular flexibility index (Phi) is 4.09. The summed E-state index contributed by atoms with van der Waals surface area (Å²) in [6.07, 6.45) is 3.05. The molecule has 0 aromatic carbocycles. The third-order valence-corrected chi connectivity index (χ3v) is 5.24. The molecular formula is C20H33N3O. The van der Waals surface area contributed by atoms with Crippen molar-refractivity contribution in [1.82, 2.24) is 10.2 Å². The SMILES string of the molecule is C[C@@H]1N=C(C(C)(C)C)N2C[C@@H](NC(=O)C3CC3)CC2=C1C(C)(C)C. The van der Waals surface area contributed by atoms with Crippen LogP contribution in [-0.4, -0.2) is 35.3 Å². The Hall–Kier alpha value is -1.32. The largest absolute Gasteiger partial charge is 0.351 e. The second-order valence-electron chi connectivity index (χ2n) is 9.78. The van der Waals surface area contributed by atoms with Crippen molar-refractivity contribution in [3.63, 3.8) is 0 Å². The van der Waals surface area contributed by atoms with Gasteiger partial charge < -0.3 is 10.2 Å². The molecule has 4 nitrogen and oxygen atoms in total. The summed E-state index contributed by atoms with van der Waals surface area (Å²) in [5.41, 5.74) is 2.93. The minimum Gasteiger partial charge on any atom is -0.351 e. The van der Waals surface area contributed by atoms with Gasteiger partial charge in [0.25, 0.3) is 0 Å². The lowest BCUT2D eigenvalue weighted by Gasteiger charge is -2.41. The van der Waals surface area contributed by atoms with Crippen LogP contribution in [-0.2, 0) is 4.79 Å². The summed E-state index contributed by atoms with van der Waals surface area (Å²) in [4.78, 5) is 19.7. The molecule has 2 atom stereocenters. The van der Waals surface area contributed by atoms with Crippen LogP contribution >= 0.6 is 0 Å². The predicted molar refractivity (Wildman–Crippen MR) is 98.8 cm³/mol. The molecule has 24 heavy (non-hydrogen) atoms. The van der Waals surface area contributed by atoms with E-state index in [1.807, 2.05) is 0 Å². The number of nitrogens with zero attached hydrogens (tertiary/aromatic N) is 2. The van der Waals surface area contributed by atoms with E-state index in [1.165, 1.54) is 17.1 Å². The summed E-state index contributed by atoms with van der Waals surface area (Å²) in [6, 6.07) is 0.423. The Morgan fingerprint density at radius 3 is 2.25 bits per heavy atom. The van der Waals surface area contributed by atoms with Crippen molar-refractivity contribution < 1.29 is 4.79 Å². The Balaban J connectivity index is 1.92. The van der Waals surface area contributed by atoms with Crippen LogP contribution in [0.1, 0.15) is 67.7 Å². The predicted octanol–water partition coefficient (Wildman–Crippen LogP) is 3.73. The van der Waals surface area contributed by atoms with E-state index in [9.17, 15) is 4.79 Å². The summed E-state index contributed by atoms with van der Waals surface area (Å²) in [5, 5.41) is 3.29. The van der Waals surface area contributed by atoms with E-state index in [2.05, 4.69) is 58.7 Å². The summed E-state index contributed by atoms with van der Waals surface area (Å²) in [5.74, 6) is 1.69. The molecular weight excluding hydrogens is 298 g/mol. The fourth-order valence-corrected chi connectivity index (χ4v) is 4.19. The molecule has 134 valence electrons. The van der Waals surface area contributed by atoms with Crippen LogP contribution in [0.15, 0.2) is 16.3 Å². The average Bonchev–Trinajstić information content (AvgIpc) is 3.17. The van der Waals surface area contributed by atoms with Crippen LogP contribution in [0.2, 0.25) is 0 Å². The maximum atomic E-state index is 12.2. The van der Waals surface area contributed by atoms with Crippen molar-refractivity contribution in [2.75, 3.05) is 6.54 Å². The minimum atomic E-state index is 0.0122. The molecule has 3 aliphatic rings. The zero-order valence-corrected chi connectivity index (χ0v) is 16.4. The number of hydrogen-bond donors (Lipinski definition) is 1. The Labute approximate surface area is 146 Å². The molecule has 2 aliphatic heterocycles. The summed E-state index contributed by atoms with van der Waals surface area (Å²) in [6.45, 7) is 16.6. The van der Waals surface area contributed by atoms with Crippen molar-refractivity contribution in [2.24, 2.45) is 21.7 Å². The quantitative estimate of drug-likeness (QED) is 0.838. The molecule has 1 aliphatic carbocycles. The molecule has 1 N–H and O–H groups in total. The van der Waals surface area contributed by atoms with E-state index in [-0.39, 0.29) is 34.7 Å². The number of amides is 1. The van der Waals surface area contributed by atoms with Crippen LogP contribution in [0.4, 0.5) is 0 Å². The molecule has 2 heterocycles. The van der Waals surface area contributed by atoms with Gasteiger partial charge in [-0.25, -0.2) is 0 Å². The van der Waals surface area contributed by atoms with Crippen LogP contribution in [0.25, 0.3) is 0 Å². The van der Waals surface area contributed by atoms with Gasteiger partial charge in [0.2, 0.25) is 5.91 Å². The molecule has 0 spiro atoms. The standard InChI is InChI=1S/C20H33N3O/c1-12-16(19(2,3)4)15-10-14(22-17(24)13-8-9-13)11-23(15)18(21-12)20(5,6)7/h12-14H,8-11H2,1-7H3,(H,22,24)/t12-,14-/m0/s1. The zero-order valence-electron chi connectivity index (χ0n) is 16.4. The summed E-state index contributed by atoms with van der Waals surface area (Å²) >= 11 is 0. The molecule has 2 fully saturated rings. The van der Waals surface area contributed by atoms with Gasteiger partial charge in [-0.3, -0.25) is 9.79 Å². The highest BCUT2D eigenvalue weighted by molar-refractivity contribution is 5.91. The molecule has 3 rings (SSSR count). The number of fused-ring (bicyclic) bond motifs is 1. The normalized spacial score (nSPS) is 28.0. The first-order chi connectivity index (χ1) is 11.0. The van der Waals surface area contributed by atoms with Gasteiger partial charge in [0.05, 0.1) is 12.1 Å². The molecule has 1 amide bonds. The number of hydrogen-bond acceptors (Lipinski definition) is 3. The van der Waals surface area contributed by atoms with Gasteiger partial charge >= 0.3 is 0 Å². The number of carbonyl (C=O) groups excluding carboxylic acids is 1. The molecule has 0 aromatic rings. The van der Waals surface area contributed by atoms with Gasteiger partial charge in [-0.05, 0) is 30.8 Å². The van der Waals surface area contributed by atoms with E-state index in [1.54, 1.807) is 0 Å². The van der Waals surface area contributed by atoms with Gasteiger partial charge in [-0.1, -0.05) is 41.5 Å². The summed E-state index contributed by atoms with van der Waals surface area (Å²) in [7, 11) is 0. The van der Waals surface area contributed by atoms with Crippen LogP contribution in [0.3, 0.4) is 0 Å². The first kappa shape index (κ1) is 17.5. The lowest BCUT2D eigenvalue weighted by molar-refractivity contribution is -0.122. The van der Waals surface area contributed by atoms with Gasteiger partial charge in [0.15, 0.2) is 0 Å². The molecule has 0 radical (unpaired) electrons. The van der Waals surface area contributed by atoms with E-state index in [0.29, 0.717) is 0 Å². The van der Waals surface area contributed by atoms with Crippen molar-refractivity contribution in [3.8, 4) is 0 Å². The first-order valence-corrected chi connectivity index (χ1v) is 9.38. The third kappa shape index (κ3) is 3.25. The fourth-order valence-electron chi connectivity index (χ4n) is 4.19. The number of carbonyl (C=O) groups is 1. The molecule has 0 aromatic heterocycles. The van der Waals surface area contributed by atoms with Crippen LogP contribution in [0, 0.1) is 16.7 Å². The first-order valence-electron chi connectivity index (χ1n) is 9.38. The number of amidine groups is 1. The number of aliphatic imine (C=N–C) groups is 1. The van der Waals surface area contributed by atoms with Crippen LogP contribution in [0.5, 0.6) is 0 Å². The van der Waals surface area contributed by atoms with E-state index >= 15 is 0 Å². The second-order valence-corrected chi connectivity index (χ2v) is 9.78. The van der Waals surface area contributed by atoms with Gasteiger partial charge in [-0.2, -0.15) is 0 Å². The average molecular weight is 332 g/mol. The minimum absolute atomic E-state index is 0.0122. The van der Waals surface area contributed by atoms with Gasteiger partial charge in [-0.15, -0.1) is 0 Å². The highest BCUT2D eigenvalue weighted by atomic mass is 16.2. The van der Waals surface area contributed by atoms with Crippen molar-refractivity contribution in [2.45, 2.75) is 79.8 Å². The smallest absolute Gasteiger partial charge is 0.223 e.